The van der Waals surface area contributed by atoms with Crippen molar-refractivity contribution in [3.05, 3.63) is 47.5 Å². The number of fused-ring (bicyclic) bond motifs is 1. The van der Waals surface area contributed by atoms with Crippen molar-refractivity contribution in [1.82, 2.24) is 0 Å². The lowest BCUT2D eigenvalue weighted by molar-refractivity contribution is -0.286. The molecular weight excluding hydrogens is 376 g/mol. The van der Waals surface area contributed by atoms with Crippen molar-refractivity contribution in [3.63, 3.8) is 0 Å². The molecule has 1 N–H and O–H groups in total. The summed E-state index contributed by atoms with van der Waals surface area (Å²) in [6, 6.07) is 9.18. The molecule has 0 atom stereocenters. The molecule has 2 aromatic rings. The Kier molecular flexibility index (Phi) is 5.34. The van der Waals surface area contributed by atoms with Crippen LogP contribution in [0.25, 0.3) is 0 Å². The number of amides is 1. The van der Waals surface area contributed by atoms with E-state index in [0.717, 1.165) is 5.56 Å². The maximum absolute atomic E-state index is 13.0. The fourth-order valence-corrected chi connectivity index (χ4v) is 2.62. The number of rotatable bonds is 6. The monoisotopic (exact) mass is 393 g/mol. The summed E-state index contributed by atoms with van der Waals surface area (Å²) in [6.45, 7) is 1.35. The zero-order chi connectivity index (χ0) is 20.3. The zero-order valence-electron chi connectivity index (χ0n) is 15.1. The summed E-state index contributed by atoms with van der Waals surface area (Å²) < 4.78 is 44.7. The molecule has 1 aliphatic rings. The number of esters is 1. The summed E-state index contributed by atoms with van der Waals surface area (Å²) in [6.07, 6.45) is -3.80. The molecule has 1 aliphatic heterocycles. The number of benzene rings is 2. The predicted molar refractivity (Wildman–Crippen MR) is 93.7 cm³/mol. The van der Waals surface area contributed by atoms with Crippen LogP contribution < -0.4 is 19.5 Å². The molecule has 0 unspecified atom stereocenters. The van der Waals surface area contributed by atoms with Crippen molar-refractivity contribution in [2.75, 3.05) is 19.0 Å². The van der Waals surface area contributed by atoms with Gasteiger partial charge in [-0.25, -0.2) is 0 Å². The lowest BCUT2D eigenvalue weighted by atomic mass is 10.1. The van der Waals surface area contributed by atoms with E-state index in [-0.39, 0.29) is 23.6 Å². The number of hydrogen-bond acceptors (Lipinski definition) is 6. The first-order valence-electron chi connectivity index (χ1n) is 8.24. The lowest BCUT2D eigenvalue weighted by Crippen LogP contribution is -2.25. The minimum atomic E-state index is -3.74. The van der Waals surface area contributed by atoms with Gasteiger partial charge in [0.05, 0.1) is 13.5 Å². The van der Waals surface area contributed by atoms with E-state index in [2.05, 4.69) is 14.8 Å². The standard InChI is InChI=1S/C19H17F2NO6/c1-11-3-5-14(25-2)12(7-11)8-18(24)26-10-17(23)22-13-4-6-15-16(9-13)28-19(20,21)27-15/h3-7,9H,8,10H2,1-2H3,(H,22,23). The predicted octanol–water partition coefficient (Wildman–Crippen LogP) is 3.05. The average molecular weight is 393 g/mol. The highest BCUT2D eigenvalue weighted by molar-refractivity contribution is 5.93. The topological polar surface area (TPSA) is 83.1 Å². The van der Waals surface area contributed by atoms with E-state index in [4.69, 9.17) is 9.47 Å². The Morgan fingerprint density at radius 2 is 1.86 bits per heavy atom. The molecule has 0 bridgehead atoms. The van der Waals surface area contributed by atoms with Gasteiger partial charge in [0.25, 0.3) is 5.91 Å². The highest BCUT2D eigenvalue weighted by Crippen LogP contribution is 2.42. The Hall–Kier alpha value is -3.36. The van der Waals surface area contributed by atoms with Gasteiger partial charge in [-0.3, -0.25) is 9.59 Å². The van der Waals surface area contributed by atoms with Crippen LogP contribution in [0.15, 0.2) is 36.4 Å². The third kappa shape index (κ3) is 4.67. The van der Waals surface area contributed by atoms with Gasteiger partial charge in [-0.1, -0.05) is 17.7 Å². The first-order chi connectivity index (χ1) is 13.3. The Labute approximate surface area is 159 Å². The number of hydrogen-bond donors (Lipinski definition) is 1. The molecule has 1 amide bonds. The number of alkyl halides is 2. The van der Waals surface area contributed by atoms with Crippen LogP contribution in [0.4, 0.5) is 14.5 Å². The number of halogens is 2. The number of ether oxygens (including phenoxy) is 4. The number of nitrogens with one attached hydrogen (secondary N) is 1. The fourth-order valence-electron chi connectivity index (χ4n) is 2.62. The van der Waals surface area contributed by atoms with E-state index in [0.29, 0.717) is 11.3 Å². The van der Waals surface area contributed by atoms with Crippen LogP contribution in [0.2, 0.25) is 0 Å². The van der Waals surface area contributed by atoms with Gasteiger partial charge in [-0.2, -0.15) is 0 Å². The molecule has 9 heteroatoms. The summed E-state index contributed by atoms with van der Waals surface area (Å²) in [5, 5.41) is 2.43. The number of anilines is 1. The van der Waals surface area contributed by atoms with Crippen molar-refractivity contribution >= 4 is 17.6 Å². The van der Waals surface area contributed by atoms with Gasteiger partial charge in [0, 0.05) is 17.3 Å². The molecule has 3 rings (SSSR count). The molecule has 7 nitrogen and oxygen atoms in total. The first-order valence-corrected chi connectivity index (χ1v) is 8.24. The van der Waals surface area contributed by atoms with E-state index >= 15 is 0 Å². The third-order valence-electron chi connectivity index (χ3n) is 3.82. The summed E-state index contributed by atoms with van der Waals surface area (Å²) in [5.41, 5.74) is 1.79. The molecule has 0 saturated carbocycles. The van der Waals surface area contributed by atoms with E-state index in [9.17, 15) is 18.4 Å². The minimum absolute atomic E-state index is 0.0583. The van der Waals surface area contributed by atoms with Gasteiger partial charge in [0.2, 0.25) is 0 Å². The molecular formula is C19H17F2NO6. The number of methoxy groups -OCH3 is 1. The van der Waals surface area contributed by atoms with E-state index in [1.165, 1.54) is 25.3 Å². The SMILES string of the molecule is COc1ccc(C)cc1CC(=O)OCC(=O)Nc1ccc2c(c1)OC(F)(F)O2. The molecule has 0 aromatic heterocycles. The van der Waals surface area contributed by atoms with E-state index < -0.39 is 24.8 Å². The molecule has 1 heterocycles. The van der Waals surface area contributed by atoms with Crippen LogP contribution in [-0.4, -0.2) is 31.9 Å². The van der Waals surface area contributed by atoms with Crippen LogP contribution in [0.1, 0.15) is 11.1 Å². The van der Waals surface area contributed by atoms with Gasteiger partial charge in [0.1, 0.15) is 5.75 Å². The average Bonchev–Trinajstić information content (AvgIpc) is 2.93. The first kappa shape index (κ1) is 19.4. The molecule has 0 fully saturated rings. The van der Waals surface area contributed by atoms with E-state index in [1.807, 2.05) is 13.0 Å². The molecule has 0 radical (unpaired) electrons. The van der Waals surface area contributed by atoms with Crippen molar-refractivity contribution in [2.24, 2.45) is 0 Å². The minimum Gasteiger partial charge on any atom is -0.496 e. The number of aryl methyl sites for hydroxylation is 1. The van der Waals surface area contributed by atoms with Crippen LogP contribution in [0, 0.1) is 6.92 Å². The molecule has 0 saturated heterocycles. The second-order valence-electron chi connectivity index (χ2n) is 6.03. The Morgan fingerprint density at radius 1 is 1.11 bits per heavy atom. The van der Waals surface area contributed by atoms with Crippen LogP contribution >= 0.6 is 0 Å². The van der Waals surface area contributed by atoms with Gasteiger partial charge >= 0.3 is 12.3 Å². The van der Waals surface area contributed by atoms with Crippen LogP contribution in [-0.2, 0) is 20.7 Å². The van der Waals surface area contributed by atoms with Crippen LogP contribution in [0.5, 0.6) is 17.2 Å². The summed E-state index contributed by atoms with van der Waals surface area (Å²) in [7, 11) is 1.49. The van der Waals surface area contributed by atoms with Crippen molar-refractivity contribution in [2.45, 2.75) is 19.6 Å². The van der Waals surface area contributed by atoms with E-state index in [1.54, 1.807) is 12.1 Å². The fraction of sp³-hybridized carbons (Fsp3) is 0.263. The lowest BCUT2D eigenvalue weighted by Gasteiger charge is -2.10. The van der Waals surface area contributed by atoms with Crippen molar-refractivity contribution in [1.29, 1.82) is 0 Å². The normalized spacial score (nSPS) is 13.7. The number of carbonyl (C=O) groups excluding carboxylic acids is 2. The van der Waals surface area contributed by atoms with Crippen LogP contribution in [0.3, 0.4) is 0 Å². The summed E-state index contributed by atoms with van der Waals surface area (Å²) >= 11 is 0. The summed E-state index contributed by atoms with van der Waals surface area (Å²) in [5.74, 6) is -1.03. The Balaban J connectivity index is 1.52. The molecule has 28 heavy (non-hydrogen) atoms. The highest BCUT2D eigenvalue weighted by Gasteiger charge is 2.43. The Bertz CT molecular complexity index is 915. The second kappa shape index (κ2) is 7.71. The zero-order valence-corrected chi connectivity index (χ0v) is 15.1. The van der Waals surface area contributed by atoms with Crippen molar-refractivity contribution in [3.8, 4) is 17.2 Å². The van der Waals surface area contributed by atoms with Gasteiger partial charge in [0.15, 0.2) is 18.1 Å². The van der Waals surface area contributed by atoms with Gasteiger partial charge in [-0.15, -0.1) is 8.78 Å². The molecule has 0 aliphatic carbocycles. The number of carbonyl (C=O) groups is 2. The van der Waals surface area contributed by atoms with Gasteiger partial charge in [-0.05, 0) is 25.1 Å². The maximum atomic E-state index is 13.0. The quantitative estimate of drug-likeness (QED) is 0.760. The summed E-state index contributed by atoms with van der Waals surface area (Å²) in [4.78, 5) is 23.9. The highest BCUT2D eigenvalue weighted by atomic mass is 19.3. The largest absolute Gasteiger partial charge is 0.586 e. The molecule has 2 aromatic carbocycles. The Morgan fingerprint density at radius 3 is 2.61 bits per heavy atom. The second-order valence-corrected chi connectivity index (χ2v) is 6.03. The van der Waals surface area contributed by atoms with Gasteiger partial charge < -0.3 is 24.3 Å². The molecule has 148 valence electrons. The van der Waals surface area contributed by atoms with Crippen molar-refractivity contribution < 1.29 is 37.3 Å². The maximum Gasteiger partial charge on any atom is 0.586 e. The molecule has 0 spiro atoms. The smallest absolute Gasteiger partial charge is 0.496 e. The third-order valence-corrected chi connectivity index (χ3v) is 3.82.